The second-order valence-corrected chi connectivity index (χ2v) is 9.13. The minimum absolute atomic E-state index is 0.0159. The number of hydrogen-bond donors (Lipinski definition) is 2. The van der Waals surface area contributed by atoms with E-state index in [2.05, 4.69) is 24.9 Å². The maximum Gasteiger partial charge on any atom is 0.406 e. The largest absolute Gasteiger partial charge is 0.406 e. The number of aromatic nitrogens is 6. The molecule has 0 spiro atoms. The van der Waals surface area contributed by atoms with E-state index in [1.165, 1.54) is 17.3 Å². The molecule has 2 aliphatic rings. The maximum absolute atomic E-state index is 13.9. The third kappa shape index (κ3) is 5.13. The molecule has 0 aromatic carbocycles. The van der Waals surface area contributed by atoms with Crippen LogP contribution in [0, 0.1) is 0 Å². The summed E-state index contributed by atoms with van der Waals surface area (Å²) in [5.41, 5.74) is 6.24. The summed E-state index contributed by atoms with van der Waals surface area (Å²) in [6, 6.07) is -0.352. The quantitative estimate of drug-likeness (QED) is 0.463. The van der Waals surface area contributed by atoms with Gasteiger partial charge in [0.05, 0.1) is 18.8 Å². The number of nitrogen functional groups attached to an aromatic ring is 1. The fraction of sp³-hybridized carbons (Fsp3) is 0.545. The first-order valence-electron chi connectivity index (χ1n) is 12.1. The Hall–Kier alpha value is -3.79. The summed E-state index contributed by atoms with van der Waals surface area (Å²) in [6.45, 7) is 2.32. The van der Waals surface area contributed by atoms with Gasteiger partial charge in [-0.15, -0.1) is 0 Å². The van der Waals surface area contributed by atoms with Crippen molar-refractivity contribution in [2.75, 3.05) is 68.1 Å². The van der Waals surface area contributed by atoms with Gasteiger partial charge in [0.2, 0.25) is 17.8 Å². The van der Waals surface area contributed by atoms with Crippen LogP contribution in [0.15, 0.2) is 12.4 Å². The highest BCUT2D eigenvalue weighted by atomic mass is 19.4. The number of aliphatic hydroxyl groups is 1. The highest BCUT2D eigenvalue weighted by Gasteiger charge is 2.36. The molecule has 204 valence electrons. The number of piperazine rings is 1. The summed E-state index contributed by atoms with van der Waals surface area (Å²) in [4.78, 5) is 38.9. The molecule has 1 atom stereocenters. The van der Waals surface area contributed by atoms with Crippen molar-refractivity contribution in [2.24, 2.45) is 0 Å². The molecule has 1 unspecified atom stereocenters. The Morgan fingerprint density at radius 2 is 1.82 bits per heavy atom. The number of nitrogens with two attached hydrogens (primary N) is 1. The van der Waals surface area contributed by atoms with E-state index in [1.807, 2.05) is 4.90 Å². The van der Waals surface area contributed by atoms with E-state index in [1.54, 1.807) is 11.8 Å². The van der Waals surface area contributed by atoms with Crippen LogP contribution in [0.5, 0.6) is 0 Å². The molecular weight excluding hydrogens is 509 g/mol. The number of rotatable bonds is 5. The number of fused-ring (bicyclic) bond motifs is 1. The number of imidazole rings is 1. The predicted molar refractivity (Wildman–Crippen MR) is 130 cm³/mol. The molecule has 2 fully saturated rings. The summed E-state index contributed by atoms with van der Waals surface area (Å²) >= 11 is 0. The summed E-state index contributed by atoms with van der Waals surface area (Å²) in [5, 5.41) is 9.25. The van der Waals surface area contributed by atoms with Crippen molar-refractivity contribution in [3.05, 3.63) is 12.4 Å². The van der Waals surface area contributed by atoms with Crippen molar-refractivity contribution >= 4 is 34.8 Å². The lowest BCUT2D eigenvalue weighted by Gasteiger charge is -2.40. The molecule has 0 aliphatic carbocycles. The molecule has 0 bridgehead atoms. The summed E-state index contributed by atoms with van der Waals surface area (Å²) in [7, 11) is 0. The number of aliphatic hydroxyl groups excluding tert-OH is 1. The molecule has 2 saturated heterocycles. The van der Waals surface area contributed by atoms with Crippen LogP contribution in [0.1, 0.15) is 6.92 Å². The Morgan fingerprint density at radius 1 is 1.11 bits per heavy atom. The normalized spacial score (nSPS) is 18.9. The van der Waals surface area contributed by atoms with E-state index >= 15 is 0 Å². The van der Waals surface area contributed by atoms with Gasteiger partial charge in [-0.25, -0.2) is 24.9 Å². The van der Waals surface area contributed by atoms with Gasteiger partial charge in [0.15, 0.2) is 22.8 Å². The Labute approximate surface area is 215 Å². The molecule has 38 heavy (non-hydrogen) atoms. The molecular formula is C22H27F3N10O3. The van der Waals surface area contributed by atoms with Gasteiger partial charge < -0.3 is 30.3 Å². The summed E-state index contributed by atoms with van der Waals surface area (Å²) in [5.74, 6) is 0.210. The second-order valence-electron chi connectivity index (χ2n) is 9.13. The summed E-state index contributed by atoms with van der Waals surface area (Å²) in [6.07, 6.45) is -1.73. The third-order valence-electron chi connectivity index (χ3n) is 6.50. The van der Waals surface area contributed by atoms with Crippen LogP contribution >= 0.6 is 0 Å². The average Bonchev–Trinajstić information content (AvgIpc) is 3.25. The smallest absolute Gasteiger partial charge is 0.387 e. The van der Waals surface area contributed by atoms with Crippen LogP contribution in [0.4, 0.5) is 30.9 Å². The first-order valence-corrected chi connectivity index (χ1v) is 12.1. The number of hydrogen-bond acceptors (Lipinski definition) is 11. The number of alkyl halides is 3. The van der Waals surface area contributed by atoms with Crippen LogP contribution in [0.25, 0.3) is 22.6 Å². The number of anilines is 3. The van der Waals surface area contributed by atoms with Gasteiger partial charge in [-0.1, -0.05) is 0 Å². The van der Waals surface area contributed by atoms with Gasteiger partial charge in [-0.05, 0) is 6.92 Å². The van der Waals surface area contributed by atoms with Gasteiger partial charge >= 0.3 is 6.18 Å². The molecule has 3 aromatic heterocycles. The lowest BCUT2D eigenvalue weighted by atomic mass is 10.2. The van der Waals surface area contributed by atoms with Crippen LogP contribution < -0.4 is 15.5 Å². The zero-order valence-corrected chi connectivity index (χ0v) is 20.6. The maximum atomic E-state index is 13.9. The van der Waals surface area contributed by atoms with Crippen molar-refractivity contribution in [3.63, 3.8) is 0 Å². The van der Waals surface area contributed by atoms with Crippen LogP contribution in [-0.4, -0.2) is 110 Å². The number of ether oxygens (including phenoxy) is 1. The van der Waals surface area contributed by atoms with E-state index in [-0.39, 0.29) is 54.6 Å². The number of morpholine rings is 1. The zero-order valence-electron chi connectivity index (χ0n) is 20.6. The fourth-order valence-corrected chi connectivity index (χ4v) is 4.72. The number of carbonyl (C=O) groups excluding carboxylic acids is 1. The van der Waals surface area contributed by atoms with E-state index in [9.17, 15) is 23.1 Å². The Bertz CT molecular complexity index is 1310. The average molecular weight is 537 g/mol. The van der Waals surface area contributed by atoms with Crippen LogP contribution in [0.3, 0.4) is 0 Å². The SMILES string of the molecule is CC1CN(c2nc3c(N4CCOCC4)nc(-c4cnc(N)nc4)nc3n2CC(F)(F)F)CCN1C(=O)CO. The van der Waals surface area contributed by atoms with Crippen LogP contribution in [0.2, 0.25) is 0 Å². The van der Waals surface area contributed by atoms with Gasteiger partial charge in [-0.2, -0.15) is 13.2 Å². The molecule has 3 aromatic rings. The number of nitrogens with zero attached hydrogens (tertiary/aromatic N) is 9. The van der Waals surface area contributed by atoms with E-state index in [0.717, 1.165) is 4.57 Å². The van der Waals surface area contributed by atoms with Gasteiger partial charge in [0.25, 0.3) is 0 Å². The molecule has 0 saturated carbocycles. The Balaban J connectivity index is 1.66. The molecule has 5 rings (SSSR count). The van der Waals surface area contributed by atoms with Crippen molar-refractivity contribution in [1.82, 2.24) is 34.4 Å². The van der Waals surface area contributed by atoms with Crippen molar-refractivity contribution < 1.29 is 27.8 Å². The van der Waals surface area contributed by atoms with Gasteiger partial charge in [0, 0.05) is 51.2 Å². The molecule has 16 heteroatoms. The van der Waals surface area contributed by atoms with E-state index in [0.29, 0.717) is 37.7 Å². The number of halogens is 3. The fourth-order valence-electron chi connectivity index (χ4n) is 4.72. The second kappa shape index (κ2) is 10.2. The third-order valence-corrected chi connectivity index (χ3v) is 6.50. The summed E-state index contributed by atoms with van der Waals surface area (Å²) < 4.78 is 48.1. The molecule has 0 radical (unpaired) electrons. The Kier molecular flexibility index (Phi) is 6.92. The topological polar surface area (TPSA) is 152 Å². The first kappa shape index (κ1) is 25.8. The minimum Gasteiger partial charge on any atom is -0.387 e. The molecule has 13 nitrogen and oxygen atoms in total. The van der Waals surface area contributed by atoms with Gasteiger partial charge in [-0.3, -0.25) is 9.36 Å². The molecule has 3 N–H and O–H groups in total. The minimum atomic E-state index is -4.56. The van der Waals surface area contributed by atoms with E-state index < -0.39 is 25.2 Å². The standard InChI is InChI=1S/C22H27F3N10O3/c1-13-10-33(2-3-34(13)15(37)11-36)21-29-16-18(32-4-6-38-7-5-32)30-17(14-8-27-20(26)28-9-14)31-19(16)35(21)12-22(23,24)25/h8-9,13,36H,2-7,10-12H2,1H3,(H2,26,27,28). The zero-order chi connectivity index (χ0) is 27.0. The number of amides is 1. The van der Waals surface area contributed by atoms with Crippen molar-refractivity contribution in [3.8, 4) is 11.4 Å². The molecule has 1 amide bonds. The predicted octanol–water partition coefficient (Wildman–Crippen LogP) is 0.294. The van der Waals surface area contributed by atoms with Crippen molar-refractivity contribution in [1.29, 1.82) is 0 Å². The lowest BCUT2D eigenvalue weighted by Crippen LogP contribution is -2.55. The highest BCUT2D eigenvalue weighted by molar-refractivity contribution is 5.88. The highest BCUT2D eigenvalue weighted by Crippen LogP contribution is 2.34. The van der Waals surface area contributed by atoms with Gasteiger partial charge in [0.1, 0.15) is 13.2 Å². The van der Waals surface area contributed by atoms with Crippen LogP contribution in [-0.2, 0) is 16.1 Å². The number of carbonyl (C=O) groups is 1. The first-order chi connectivity index (χ1) is 18.1. The monoisotopic (exact) mass is 536 g/mol. The Morgan fingerprint density at radius 3 is 2.45 bits per heavy atom. The van der Waals surface area contributed by atoms with E-state index in [4.69, 9.17) is 10.5 Å². The lowest BCUT2D eigenvalue weighted by molar-refractivity contribution is -0.139. The molecule has 5 heterocycles. The van der Waals surface area contributed by atoms with Crippen molar-refractivity contribution in [2.45, 2.75) is 25.7 Å². The molecule has 2 aliphatic heterocycles.